The molecule has 0 saturated carbocycles. The number of hydrogen-bond acceptors (Lipinski definition) is 3. The zero-order chi connectivity index (χ0) is 12.0. The highest BCUT2D eigenvalue weighted by molar-refractivity contribution is 5.74. The highest BCUT2D eigenvalue weighted by atomic mass is 16.5. The van der Waals surface area contributed by atoms with Crippen molar-refractivity contribution in [3.05, 3.63) is 29.3 Å². The molecule has 1 amide bonds. The van der Waals surface area contributed by atoms with E-state index in [0.717, 1.165) is 11.3 Å². The molecule has 0 fully saturated rings. The van der Waals surface area contributed by atoms with Gasteiger partial charge in [0.25, 0.3) is 0 Å². The molecular weight excluding hydrogens is 206 g/mol. The molecule has 16 heavy (non-hydrogen) atoms. The second kappa shape index (κ2) is 6.12. The van der Waals surface area contributed by atoms with Crippen molar-refractivity contribution in [1.29, 1.82) is 0 Å². The summed E-state index contributed by atoms with van der Waals surface area (Å²) in [6.45, 7) is 4.49. The quantitative estimate of drug-likeness (QED) is 0.456. The van der Waals surface area contributed by atoms with Gasteiger partial charge in [-0.1, -0.05) is 17.7 Å². The van der Waals surface area contributed by atoms with Gasteiger partial charge in [-0.15, -0.1) is 0 Å². The molecule has 0 aromatic heterocycles. The SMILES string of the molecule is Cc1ccc(OCCCC(=O)NO)c(C)c1. The highest BCUT2D eigenvalue weighted by Crippen LogP contribution is 2.18. The highest BCUT2D eigenvalue weighted by Gasteiger charge is 2.01. The second-order valence-corrected chi connectivity index (χ2v) is 3.76. The summed E-state index contributed by atoms with van der Waals surface area (Å²) in [6, 6.07) is 5.97. The third kappa shape index (κ3) is 3.90. The first-order valence-corrected chi connectivity index (χ1v) is 5.26. The van der Waals surface area contributed by atoms with E-state index in [1.54, 1.807) is 5.48 Å². The molecule has 4 heteroatoms. The molecule has 0 spiro atoms. The first kappa shape index (κ1) is 12.5. The van der Waals surface area contributed by atoms with Crippen LogP contribution in [0.3, 0.4) is 0 Å². The molecule has 0 saturated heterocycles. The number of hydroxylamine groups is 1. The van der Waals surface area contributed by atoms with Crippen molar-refractivity contribution in [3.63, 3.8) is 0 Å². The van der Waals surface area contributed by atoms with Gasteiger partial charge in [0.05, 0.1) is 6.61 Å². The van der Waals surface area contributed by atoms with Crippen LogP contribution in [0.2, 0.25) is 0 Å². The number of aryl methyl sites for hydroxylation is 2. The third-order valence-corrected chi connectivity index (χ3v) is 2.26. The summed E-state index contributed by atoms with van der Waals surface area (Å²) in [5, 5.41) is 8.29. The van der Waals surface area contributed by atoms with Crippen molar-refractivity contribution in [2.45, 2.75) is 26.7 Å². The van der Waals surface area contributed by atoms with Crippen LogP contribution in [0.15, 0.2) is 18.2 Å². The van der Waals surface area contributed by atoms with E-state index < -0.39 is 0 Å². The van der Waals surface area contributed by atoms with E-state index in [2.05, 4.69) is 6.07 Å². The minimum absolute atomic E-state index is 0.265. The lowest BCUT2D eigenvalue weighted by Gasteiger charge is -2.09. The number of benzene rings is 1. The van der Waals surface area contributed by atoms with Crippen LogP contribution in [0, 0.1) is 13.8 Å². The fourth-order valence-electron chi connectivity index (χ4n) is 1.43. The molecule has 4 nitrogen and oxygen atoms in total. The first-order chi connectivity index (χ1) is 7.63. The molecule has 0 heterocycles. The lowest BCUT2D eigenvalue weighted by molar-refractivity contribution is -0.129. The van der Waals surface area contributed by atoms with Gasteiger partial charge in [-0.3, -0.25) is 10.0 Å². The van der Waals surface area contributed by atoms with Gasteiger partial charge in [0.2, 0.25) is 5.91 Å². The van der Waals surface area contributed by atoms with E-state index in [0.29, 0.717) is 13.0 Å². The van der Waals surface area contributed by atoms with Crippen LogP contribution in [0.4, 0.5) is 0 Å². The van der Waals surface area contributed by atoms with Gasteiger partial charge in [-0.2, -0.15) is 0 Å². The summed E-state index contributed by atoms with van der Waals surface area (Å²) in [5.41, 5.74) is 3.88. The molecule has 0 aliphatic heterocycles. The molecule has 0 aliphatic rings. The molecule has 1 aromatic rings. The second-order valence-electron chi connectivity index (χ2n) is 3.76. The van der Waals surface area contributed by atoms with Gasteiger partial charge in [-0.05, 0) is 31.9 Å². The van der Waals surface area contributed by atoms with Crippen molar-refractivity contribution in [2.24, 2.45) is 0 Å². The number of carbonyl (C=O) groups excluding carboxylic acids is 1. The van der Waals surface area contributed by atoms with E-state index in [1.165, 1.54) is 5.56 Å². The molecule has 0 bridgehead atoms. The number of ether oxygens (including phenoxy) is 1. The Bertz CT molecular complexity index is 363. The average Bonchev–Trinajstić information content (AvgIpc) is 2.26. The average molecular weight is 223 g/mol. The Balaban J connectivity index is 2.35. The van der Waals surface area contributed by atoms with Gasteiger partial charge in [0.1, 0.15) is 5.75 Å². The first-order valence-electron chi connectivity index (χ1n) is 5.26. The molecular formula is C12H17NO3. The molecule has 1 rings (SSSR count). The maximum Gasteiger partial charge on any atom is 0.243 e. The van der Waals surface area contributed by atoms with E-state index in [1.807, 2.05) is 26.0 Å². The summed E-state index contributed by atoms with van der Waals surface area (Å²) in [5.74, 6) is 0.458. The lowest BCUT2D eigenvalue weighted by Crippen LogP contribution is -2.18. The Morgan fingerprint density at radius 1 is 1.44 bits per heavy atom. The lowest BCUT2D eigenvalue weighted by atomic mass is 10.1. The van der Waals surface area contributed by atoms with Gasteiger partial charge in [-0.25, -0.2) is 5.48 Å². The Hall–Kier alpha value is -1.55. The summed E-state index contributed by atoms with van der Waals surface area (Å²) in [6.07, 6.45) is 0.848. The van der Waals surface area contributed by atoms with Crippen LogP contribution >= 0.6 is 0 Å². The summed E-state index contributed by atoms with van der Waals surface area (Å²) < 4.78 is 5.53. The number of rotatable bonds is 5. The van der Waals surface area contributed by atoms with E-state index in [-0.39, 0.29) is 12.3 Å². The van der Waals surface area contributed by atoms with Gasteiger partial charge >= 0.3 is 0 Å². The number of carbonyl (C=O) groups is 1. The predicted octanol–water partition coefficient (Wildman–Crippen LogP) is 1.97. The number of hydrogen-bond donors (Lipinski definition) is 2. The Labute approximate surface area is 95.2 Å². The van der Waals surface area contributed by atoms with Crippen molar-refractivity contribution < 1.29 is 14.7 Å². The summed E-state index contributed by atoms with van der Waals surface area (Å²) >= 11 is 0. The van der Waals surface area contributed by atoms with Crippen LogP contribution in [0.5, 0.6) is 5.75 Å². The largest absolute Gasteiger partial charge is 0.493 e. The fraction of sp³-hybridized carbons (Fsp3) is 0.417. The zero-order valence-electron chi connectivity index (χ0n) is 9.62. The van der Waals surface area contributed by atoms with Crippen molar-refractivity contribution >= 4 is 5.91 Å². The number of amides is 1. The van der Waals surface area contributed by atoms with Crippen LogP contribution in [0.25, 0.3) is 0 Å². The van der Waals surface area contributed by atoms with Crippen LogP contribution < -0.4 is 10.2 Å². The minimum atomic E-state index is -0.385. The van der Waals surface area contributed by atoms with E-state index in [4.69, 9.17) is 9.94 Å². The smallest absolute Gasteiger partial charge is 0.243 e. The number of nitrogens with one attached hydrogen (secondary N) is 1. The van der Waals surface area contributed by atoms with Gasteiger partial charge < -0.3 is 4.74 Å². The van der Waals surface area contributed by atoms with Crippen molar-refractivity contribution in [1.82, 2.24) is 5.48 Å². The van der Waals surface area contributed by atoms with Crippen LogP contribution in [-0.4, -0.2) is 17.7 Å². The summed E-state index contributed by atoms with van der Waals surface area (Å²) in [4.78, 5) is 10.7. The fourth-order valence-corrected chi connectivity index (χ4v) is 1.43. The van der Waals surface area contributed by atoms with Crippen molar-refractivity contribution in [3.8, 4) is 5.75 Å². The van der Waals surface area contributed by atoms with Gasteiger partial charge in [0, 0.05) is 6.42 Å². The molecule has 0 unspecified atom stereocenters. The molecule has 2 N–H and O–H groups in total. The van der Waals surface area contributed by atoms with E-state index in [9.17, 15) is 4.79 Å². The minimum Gasteiger partial charge on any atom is -0.493 e. The van der Waals surface area contributed by atoms with Crippen LogP contribution in [-0.2, 0) is 4.79 Å². The Morgan fingerprint density at radius 2 is 2.19 bits per heavy atom. The Morgan fingerprint density at radius 3 is 2.81 bits per heavy atom. The molecule has 88 valence electrons. The van der Waals surface area contributed by atoms with Gasteiger partial charge in [0.15, 0.2) is 0 Å². The van der Waals surface area contributed by atoms with Crippen molar-refractivity contribution in [2.75, 3.05) is 6.61 Å². The monoisotopic (exact) mass is 223 g/mol. The standard InChI is InChI=1S/C12H17NO3/c1-9-5-6-11(10(2)8-9)16-7-3-4-12(14)13-15/h5-6,8,15H,3-4,7H2,1-2H3,(H,13,14). The Kier molecular flexibility index (Phi) is 4.79. The molecule has 0 atom stereocenters. The maximum atomic E-state index is 10.7. The molecule has 1 aromatic carbocycles. The molecule has 0 radical (unpaired) electrons. The predicted molar refractivity (Wildman–Crippen MR) is 60.6 cm³/mol. The third-order valence-electron chi connectivity index (χ3n) is 2.26. The normalized spacial score (nSPS) is 9.94. The van der Waals surface area contributed by atoms with E-state index >= 15 is 0 Å². The summed E-state index contributed by atoms with van der Waals surface area (Å²) in [7, 11) is 0. The molecule has 0 aliphatic carbocycles. The maximum absolute atomic E-state index is 10.7. The zero-order valence-corrected chi connectivity index (χ0v) is 9.62. The van der Waals surface area contributed by atoms with Crippen LogP contribution in [0.1, 0.15) is 24.0 Å². The topological polar surface area (TPSA) is 58.6 Å².